The van der Waals surface area contributed by atoms with E-state index in [1.165, 1.54) is 12.1 Å². The Morgan fingerprint density at radius 3 is 2.33 bits per heavy atom. The number of amides is 1. The fourth-order valence-electron chi connectivity index (χ4n) is 4.82. The summed E-state index contributed by atoms with van der Waals surface area (Å²) in [5.74, 6) is -0.0923. The predicted octanol–water partition coefficient (Wildman–Crippen LogP) is 4.76. The monoisotopic (exact) mass is 407 g/mol. The van der Waals surface area contributed by atoms with Crippen molar-refractivity contribution < 1.29 is 14.6 Å². The summed E-state index contributed by atoms with van der Waals surface area (Å²) in [6.07, 6.45) is 0.976. The molecule has 2 aromatic carbocycles. The Hall–Kier alpha value is -3.19. The minimum Gasteiger partial charge on any atom is -0.309 e. The van der Waals surface area contributed by atoms with Crippen LogP contribution < -0.4 is 5.06 Å². The Labute approximate surface area is 175 Å². The van der Waals surface area contributed by atoms with Gasteiger partial charge in [-0.1, -0.05) is 36.9 Å². The van der Waals surface area contributed by atoms with Gasteiger partial charge < -0.3 is 4.90 Å². The van der Waals surface area contributed by atoms with Crippen molar-refractivity contribution in [2.75, 3.05) is 5.06 Å². The number of para-hydroxylation sites is 1. The first-order chi connectivity index (χ1) is 14.1. The van der Waals surface area contributed by atoms with Crippen molar-refractivity contribution in [3.05, 3.63) is 82.6 Å². The van der Waals surface area contributed by atoms with Gasteiger partial charge in [-0.05, 0) is 38.5 Å². The minimum atomic E-state index is -1.01. The molecule has 0 saturated carbocycles. The van der Waals surface area contributed by atoms with Gasteiger partial charge in [-0.3, -0.25) is 19.7 Å². The number of rotatable bonds is 4. The lowest BCUT2D eigenvalue weighted by molar-refractivity contribution is -0.384. The number of hydrogen-bond acceptors (Lipinski definition) is 5. The minimum absolute atomic E-state index is 0.0326. The second-order valence-corrected chi connectivity index (χ2v) is 8.68. The fourth-order valence-corrected chi connectivity index (χ4v) is 4.82. The van der Waals surface area contributed by atoms with Crippen LogP contribution in [0.2, 0.25) is 0 Å². The molecule has 7 nitrogen and oxygen atoms in total. The third-order valence-electron chi connectivity index (χ3n) is 5.88. The number of nitro benzene ring substituents is 1. The predicted molar refractivity (Wildman–Crippen MR) is 114 cm³/mol. The Kier molecular flexibility index (Phi) is 4.66. The van der Waals surface area contributed by atoms with Crippen molar-refractivity contribution in [2.24, 2.45) is 0 Å². The highest BCUT2D eigenvalue weighted by Crippen LogP contribution is 2.52. The molecule has 2 aliphatic heterocycles. The zero-order valence-electron chi connectivity index (χ0n) is 17.4. The molecule has 2 saturated heterocycles. The van der Waals surface area contributed by atoms with Gasteiger partial charge in [0.1, 0.15) is 0 Å². The van der Waals surface area contributed by atoms with Crippen molar-refractivity contribution in [3.63, 3.8) is 0 Å². The van der Waals surface area contributed by atoms with E-state index in [0.29, 0.717) is 18.5 Å². The molecule has 2 heterocycles. The maximum Gasteiger partial charge on any atom is 0.269 e. The number of nitro groups is 1. The number of carbonyl (C=O) groups is 1. The molecular formula is C23H25N3O4. The second kappa shape index (κ2) is 6.95. The van der Waals surface area contributed by atoms with Crippen molar-refractivity contribution in [1.82, 2.24) is 4.90 Å². The molecule has 0 radical (unpaired) electrons. The highest BCUT2D eigenvalue weighted by atomic mass is 16.7. The Morgan fingerprint density at radius 2 is 1.80 bits per heavy atom. The summed E-state index contributed by atoms with van der Waals surface area (Å²) >= 11 is 0. The molecule has 2 atom stereocenters. The zero-order chi connectivity index (χ0) is 21.7. The van der Waals surface area contributed by atoms with Crippen LogP contribution in [-0.4, -0.2) is 26.9 Å². The van der Waals surface area contributed by atoms with E-state index in [0.717, 1.165) is 11.3 Å². The maximum atomic E-state index is 13.5. The van der Waals surface area contributed by atoms with Crippen LogP contribution in [0.15, 0.2) is 66.9 Å². The van der Waals surface area contributed by atoms with Crippen molar-refractivity contribution in [3.8, 4) is 0 Å². The molecule has 0 aliphatic carbocycles. The van der Waals surface area contributed by atoms with Gasteiger partial charge in [0.25, 0.3) is 11.6 Å². The number of anilines is 1. The fraction of sp³-hybridized carbons (Fsp3) is 0.348. The third kappa shape index (κ3) is 3.15. The van der Waals surface area contributed by atoms with Gasteiger partial charge in [-0.25, -0.2) is 5.06 Å². The Balaban J connectivity index is 1.76. The van der Waals surface area contributed by atoms with Crippen molar-refractivity contribution >= 4 is 17.3 Å². The lowest BCUT2D eigenvalue weighted by atomic mass is 9.86. The average molecular weight is 407 g/mol. The number of hydroxylamine groups is 1. The number of carbonyl (C=O) groups excluding carboxylic acids is 1. The standard InChI is InChI=1S/C23H25N3O4/c1-16(2)24-21(27)23(15-22(24,3)4)14-20(17-10-12-19(13-11-17)26(28)29)25(30-23)18-8-6-5-7-9-18/h5-13,20H,1,14-15H2,2-4H3/t20-,23+/m1/s1. The lowest BCUT2D eigenvalue weighted by Gasteiger charge is -2.31. The van der Waals surface area contributed by atoms with Crippen LogP contribution >= 0.6 is 0 Å². The highest BCUT2D eigenvalue weighted by Gasteiger charge is 2.62. The third-order valence-corrected chi connectivity index (χ3v) is 5.88. The first kappa shape index (κ1) is 20.1. The first-order valence-electron chi connectivity index (χ1n) is 9.93. The molecule has 2 fully saturated rings. The van der Waals surface area contributed by atoms with E-state index in [1.54, 1.807) is 22.1 Å². The zero-order valence-corrected chi connectivity index (χ0v) is 17.4. The molecule has 2 aliphatic rings. The van der Waals surface area contributed by atoms with Gasteiger partial charge in [0.15, 0.2) is 5.60 Å². The molecule has 1 amide bonds. The summed E-state index contributed by atoms with van der Waals surface area (Å²) in [5.41, 5.74) is 0.985. The van der Waals surface area contributed by atoms with Crippen LogP contribution in [0.5, 0.6) is 0 Å². The van der Waals surface area contributed by atoms with Crippen molar-refractivity contribution in [2.45, 2.75) is 50.8 Å². The molecule has 0 bridgehead atoms. The maximum absolute atomic E-state index is 13.5. The Morgan fingerprint density at radius 1 is 1.17 bits per heavy atom. The van der Waals surface area contributed by atoms with Crippen LogP contribution in [0.3, 0.4) is 0 Å². The quantitative estimate of drug-likeness (QED) is 0.539. The number of hydrogen-bond donors (Lipinski definition) is 0. The number of allylic oxidation sites excluding steroid dienone is 1. The summed E-state index contributed by atoms with van der Waals surface area (Å²) in [6.45, 7) is 9.86. The summed E-state index contributed by atoms with van der Waals surface area (Å²) in [4.78, 5) is 32.3. The summed E-state index contributed by atoms with van der Waals surface area (Å²) in [7, 11) is 0. The number of benzene rings is 2. The van der Waals surface area contributed by atoms with Gasteiger partial charge in [0, 0.05) is 36.2 Å². The van der Waals surface area contributed by atoms with Crippen LogP contribution in [0.1, 0.15) is 45.2 Å². The van der Waals surface area contributed by atoms with Gasteiger partial charge in [-0.15, -0.1) is 0 Å². The molecule has 0 N–H and O–H groups in total. The molecule has 2 aromatic rings. The van der Waals surface area contributed by atoms with Gasteiger partial charge in [0.2, 0.25) is 0 Å². The second-order valence-electron chi connectivity index (χ2n) is 8.68. The number of non-ortho nitro benzene ring substituents is 1. The molecule has 156 valence electrons. The number of likely N-dealkylation sites (tertiary alicyclic amines) is 1. The molecule has 1 spiro atoms. The smallest absolute Gasteiger partial charge is 0.269 e. The van der Waals surface area contributed by atoms with Gasteiger partial charge >= 0.3 is 0 Å². The van der Waals surface area contributed by atoms with E-state index in [-0.39, 0.29) is 17.6 Å². The summed E-state index contributed by atoms with van der Waals surface area (Å²) < 4.78 is 0. The van der Waals surface area contributed by atoms with Crippen LogP contribution in [-0.2, 0) is 9.63 Å². The molecular weight excluding hydrogens is 382 g/mol. The largest absolute Gasteiger partial charge is 0.309 e. The van der Waals surface area contributed by atoms with E-state index < -0.39 is 16.1 Å². The number of nitrogens with zero attached hydrogens (tertiary/aromatic N) is 3. The molecule has 30 heavy (non-hydrogen) atoms. The lowest BCUT2D eigenvalue weighted by Crippen LogP contribution is -2.42. The van der Waals surface area contributed by atoms with E-state index in [2.05, 4.69) is 6.58 Å². The topological polar surface area (TPSA) is 75.9 Å². The van der Waals surface area contributed by atoms with E-state index in [9.17, 15) is 14.9 Å². The summed E-state index contributed by atoms with van der Waals surface area (Å²) in [5, 5.41) is 12.8. The molecule has 4 rings (SSSR count). The van der Waals surface area contributed by atoms with E-state index in [1.807, 2.05) is 51.1 Å². The molecule has 7 heteroatoms. The first-order valence-corrected chi connectivity index (χ1v) is 9.93. The van der Waals surface area contributed by atoms with Gasteiger partial charge in [0.05, 0.1) is 16.7 Å². The average Bonchev–Trinajstić information content (AvgIpc) is 3.17. The van der Waals surface area contributed by atoms with Crippen LogP contribution in [0.4, 0.5) is 11.4 Å². The van der Waals surface area contributed by atoms with E-state index >= 15 is 0 Å². The van der Waals surface area contributed by atoms with Gasteiger partial charge in [-0.2, -0.15) is 0 Å². The summed E-state index contributed by atoms with van der Waals surface area (Å²) in [6, 6.07) is 15.8. The SMILES string of the molecule is C=C(C)N1C(=O)[C@]2(C[C@H](c3ccc([N+](=O)[O-])cc3)N(c3ccccc3)O2)CC1(C)C. The van der Waals surface area contributed by atoms with E-state index in [4.69, 9.17) is 4.84 Å². The molecule has 0 aromatic heterocycles. The molecule has 0 unspecified atom stereocenters. The Bertz CT molecular complexity index is 1000. The highest BCUT2D eigenvalue weighted by molar-refractivity contribution is 5.91. The normalized spacial score (nSPS) is 25.2. The van der Waals surface area contributed by atoms with Crippen LogP contribution in [0.25, 0.3) is 0 Å². The van der Waals surface area contributed by atoms with Crippen molar-refractivity contribution in [1.29, 1.82) is 0 Å². The van der Waals surface area contributed by atoms with Crippen LogP contribution in [0, 0.1) is 10.1 Å².